The van der Waals surface area contributed by atoms with E-state index in [0.29, 0.717) is 6.42 Å². The molecule has 3 nitrogen and oxygen atoms in total. The standard InChI is InChI=1S/C13H18BrNO2/c1-10(7-8-13(16)17)15(2)9-11-5-3-4-6-12(11)14/h3-6,10H,7-9H2,1-2H3,(H,16,17). The molecule has 17 heavy (non-hydrogen) atoms. The van der Waals surface area contributed by atoms with Crippen LogP contribution in [0.3, 0.4) is 0 Å². The van der Waals surface area contributed by atoms with Gasteiger partial charge in [0.25, 0.3) is 0 Å². The highest BCUT2D eigenvalue weighted by Gasteiger charge is 2.12. The minimum absolute atomic E-state index is 0.224. The van der Waals surface area contributed by atoms with E-state index in [1.54, 1.807) is 0 Å². The molecule has 0 saturated carbocycles. The first-order valence-electron chi connectivity index (χ1n) is 5.66. The van der Waals surface area contributed by atoms with Gasteiger partial charge < -0.3 is 5.11 Å². The van der Waals surface area contributed by atoms with E-state index in [9.17, 15) is 4.79 Å². The van der Waals surface area contributed by atoms with Crippen LogP contribution in [0.2, 0.25) is 0 Å². The van der Waals surface area contributed by atoms with Crippen molar-refractivity contribution in [2.45, 2.75) is 32.4 Å². The molecule has 1 rings (SSSR count). The Kier molecular flexibility index (Phi) is 5.65. The van der Waals surface area contributed by atoms with Crippen molar-refractivity contribution in [2.75, 3.05) is 7.05 Å². The molecule has 0 radical (unpaired) electrons. The maximum Gasteiger partial charge on any atom is 0.303 e. The van der Waals surface area contributed by atoms with Crippen molar-refractivity contribution in [1.29, 1.82) is 0 Å². The van der Waals surface area contributed by atoms with Crippen LogP contribution in [0.15, 0.2) is 28.7 Å². The molecule has 1 aromatic rings. The molecule has 94 valence electrons. The highest BCUT2D eigenvalue weighted by molar-refractivity contribution is 9.10. The van der Waals surface area contributed by atoms with Crippen molar-refractivity contribution >= 4 is 21.9 Å². The van der Waals surface area contributed by atoms with Gasteiger partial charge in [0.05, 0.1) is 0 Å². The van der Waals surface area contributed by atoms with E-state index in [2.05, 4.69) is 33.8 Å². The Labute approximate surface area is 111 Å². The lowest BCUT2D eigenvalue weighted by atomic mass is 10.1. The van der Waals surface area contributed by atoms with Crippen LogP contribution in [0, 0.1) is 0 Å². The number of nitrogens with zero attached hydrogens (tertiary/aromatic N) is 1. The number of halogens is 1. The maximum atomic E-state index is 10.5. The average Bonchev–Trinajstić information content (AvgIpc) is 2.28. The van der Waals surface area contributed by atoms with Gasteiger partial charge in [0.15, 0.2) is 0 Å². The van der Waals surface area contributed by atoms with E-state index < -0.39 is 5.97 Å². The van der Waals surface area contributed by atoms with E-state index in [1.165, 1.54) is 5.56 Å². The normalized spacial score (nSPS) is 12.7. The predicted molar refractivity (Wildman–Crippen MR) is 71.9 cm³/mol. The number of hydrogen-bond donors (Lipinski definition) is 1. The van der Waals surface area contributed by atoms with Crippen LogP contribution in [0.1, 0.15) is 25.3 Å². The second-order valence-electron chi connectivity index (χ2n) is 4.29. The van der Waals surface area contributed by atoms with Gasteiger partial charge in [-0.05, 0) is 32.0 Å². The monoisotopic (exact) mass is 299 g/mol. The molecule has 1 N–H and O–H groups in total. The number of hydrogen-bond acceptors (Lipinski definition) is 2. The van der Waals surface area contributed by atoms with Crippen LogP contribution in [-0.4, -0.2) is 29.1 Å². The number of rotatable bonds is 6. The van der Waals surface area contributed by atoms with E-state index in [-0.39, 0.29) is 12.5 Å². The number of carboxylic acid groups (broad SMARTS) is 1. The van der Waals surface area contributed by atoms with Crippen LogP contribution < -0.4 is 0 Å². The summed E-state index contributed by atoms with van der Waals surface area (Å²) >= 11 is 3.52. The van der Waals surface area contributed by atoms with Crippen molar-refractivity contribution < 1.29 is 9.90 Å². The van der Waals surface area contributed by atoms with Crippen LogP contribution in [0.5, 0.6) is 0 Å². The molecule has 0 aromatic heterocycles. The number of carbonyl (C=O) groups is 1. The van der Waals surface area contributed by atoms with Gasteiger partial charge in [0.1, 0.15) is 0 Å². The largest absolute Gasteiger partial charge is 0.481 e. The van der Waals surface area contributed by atoms with Crippen molar-refractivity contribution in [3.63, 3.8) is 0 Å². The first kappa shape index (κ1) is 14.2. The second kappa shape index (κ2) is 6.77. The molecule has 0 fully saturated rings. The quantitative estimate of drug-likeness (QED) is 0.877. The maximum absolute atomic E-state index is 10.5. The molecule has 0 spiro atoms. The molecule has 1 unspecified atom stereocenters. The Hall–Kier alpha value is -0.870. The zero-order chi connectivity index (χ0) is 12.8. The minimum atomic E-state index is -0.730. The summed E-state index contributed by atoms with van der Waals surface area (Å²) in [5.41, 5.74) is 1.22. The Morgan fingerprint density at radius 2 is 2.12 bits per heavy atom. The SMILES string of the molecule is CC(CCC(=O)O)N(C)Cc1ccccc1Br. The van der Waals surface area contributed by atoms with Crippen LogP contribution in [0.4, 0.5) is 0 Å². The Morgan fingerprint density at radius 3 is 2.71 bits per heavy atom. The summed E-state index contributed by atoms with van der Waals surface area (Å²) in [6, 6.07) is 8.35. The van der Waals surface area contributed by atoms with Gasteiger partial charge in [-0.25, -0.2) is 0 Å². The molecular formula is C13H18BrNO2. The first-order valence-corrected chi connectivity index (χ1v) is 6.45. The summed E-state index contributed by atoms with van der Waals surface area (Å²) in [5, 5.41) is 8.65. The fourth-order valence-corrected chi connectivity index (χ4v) is 2.01. The highest BCUT2D eigenvalue weighted by atomic mass is 79.9. The minimum Gasteiger partial charge on any atom is -0.481 e. The van der Waals surface area contributed by atoms with E-state index >= 15 is 0 Å². The molecule has 0 aliphatic rings. The first-order chi connectivity index (χ1) is 8.00. The third-order valence-electron chi connectivity index (χ3n) is 2.91. The third kappa shape index (κ3) is 4.88. The zero-order valence-corrected chi connectivity index (χ0v) is 11.8. The molecule has 0 saturated heterocycles. The Balaban J connectivity index is 2.51. The van der Waals surface area contributed by atoms with Gasteiger partial charge in [-0.15, -0.1) is 0 Å². The summed E-state index contributed by atoms with van der Waals surface area (Å²) in [4.78, 5) is 12.7. The lowest BCUT2D eigenvalue weighted by Gasteiger charge is -2.24. The van der Waals surface area contributed by atoms with E-state index in [0.717, 1.165) is 11.0 Å². The molecule has 0 aliphatic carbocycles. The van der Waals surface area contributed by atoms with Crippen molar-refractivity contribution in [3.05, 3.63) is 34.3 Å². The van der Waals surface area contributed by atoms with Crippen LogP contribution in [0.25, 0.3) is 0 Å². The second-order valence-corrected chi connectivity index (χ2v) is 5.14. The third-order valence-corrected chi connectivity index (χ3v) is 3.68. The summed E-state index contributed by atoms with van der Waals surface area (Å²) in [6.45, 7) is 2.88. The van der Waals surface area contributed by atoms with Gasteiger partial charge in [-0.3, -0.25) is 9.69 Å². The van der Waals surface area contributed by atoms with E-state index in [1.807, 2.05) is 25.2 Å². The Morgan fingerprint density at radius 1 is 1.47 bits per heavy atom. The summed E-state index contributed by atoms with van der Waals surface area (Å²) in [7, 11) is 2.02. The van der Waals surface area contributed by atoms with Gasteiger partial charge in [-0.2, -0.15) is 0 Å². The van der Waals surface area contributed by atoms with Gasteiger partial charge in [0, 0.05) is 23.5 Å². The molecule has 0 amide bonds. The van der Waals surface area contributed by atoms with Crippen molar-refractivity contribution in [3.8, 4) is 0 Å². The number of benzene rings is 1. The van der Waals surface area contributed by atoms with Crippen molar-refractivity contribution in [2.24, 2.45) is 0 Å². The van der Waals surface area contributed by atoms with Gasteiger partial charge >= 0.3 is 5.97 Å². The predicted octanol–water partition coefficient (Wildman–Crippen LogP) is 3.13. The number of aliphatic carboxylic acids is 1. The summed E-state index contributed by atoms with van der Waals surface area (Å²) in [5.74, 6) is -0.730. The molecular weight excluding hydrogens is 282 g/mol. The van der Waals surface area contributed by atoms with Crippen LogP contribution in [-0.2, 0) is 11.3 Å². The fraction of sp³-hybridized carbons (Fsp3) is 0.462. The average molecular weight is 300 g/mol. The summed E-state index contributed by atoms with van der Waals surface area (Å²) < 4.78 is 1.09. The molecule has 0 aliphatic heterocycles. The molecule has 4 heteroatoms. The number of carboxylic acids is 1. The molecule has 1 atom stereocenters. The lowest BCUT2D eigenvalue weighted by Crippen LogP contribution is -2.29. The van der Waals surface area contributed by atoms with E-state index in [4.69, 9.17) is 5.11 Å². The smallest absolute Gasteiger partial charge is 0.303 e. The van der Waals surface area contributed by atoms with Gasteiger partial charge in [0.2, 0.25) is 0 Å². The zero-order valence-electron chi connectivity index (χ0n) is 10.2. The van der Waals surface area contributed by atoms with Crippen LogP contribution >= 0.6 is 15.9 Å². The Bertz CT molecular complexity index is 381. The van der Waals surface area contributed by atoms with Gasteiger partial charge in [-0.1, -0.05) is 34.1 Å². The molecule has 0 heterocycles. The molecule has 1 aromatic carbocycles. The molecule has 0 bridgehead atoms. The highest BCUT2D eigenvalue weighted by Crippen LogP contribution is 2.18. The fourth-order valence-electron chi connectivity index (χ4n) is 1.60. The lowest BCUT2D eigenvalue weighted by molar-refractivity contribution is -0.137. The van der Waals surface area contributed by atoms with Crippen molar-refractivity contribution in [1.82, 2.24) is 4.90 Å². The topological polar surface area (TPSA) is 40.5 Å². The summed E-state index contributed by atoms with van der Waals surface area (Å²) in [6.07, 6.45) is 0.901.